The standard InChI is InChI=1S/C17H13Cl2N3O2/c18-12-6-5-11(8-13(12)19)22-15(17(23)20-10-3-4-10)9-14(21-22)16-2-1-7-24-16/h1-2,5-10H,3-4H2,(H,20,23). The molecule has 1 fully saturated rings. The molecule has 1 aliphatic rings. The van der Waals surface area contributed by atoms with Gasteiger partial charge < -0.3 is 9.73 Å². The third-order valence-electron chi connectivity index (χ3n) is 3.78. The highest BCUT2D eigenvalue weighted by atomic mass is 35.5. The normalized spacial score (nSPS) is 13.9. The van der Waals surface area contributed by atoms with Crippen molar-refractivity contribution in [2.75, 3.05) is 0 Å². The van der Waals surface area contributed by atoms with Gasteiger partial charge in [-0.2, -0.15) is 5.10 Å². The summed E-state index contributed by atoms with van der Waals surface area (Å²) >= 11 is 12.1. The Bertz CT molecular complexity index is 899. The van der Waals surface area contributed by atoms with Crippen LogP contribution in [0.15, 0.2) is 47.1 Å². The number of benzene rings is 1. The first-order valence-electron chi connectivity index (χ1n) is 7.52. The van der Waals surface area contributed by atoms with Crippen LogP contribution in [0, 0.1) is 0 Å². The van der Waals surface area contributed by atoms with E-state index in [1.54, 1.807) is 47.3 Å². The molecule has 122 valence electrons. The van der Waals surface area contributed by atoms with Gasteiger partial charge in [0.2, 0.25) is 0 Å². The molecule has 1 aromatic carbocycles. The van der Waals surface area contributed by atoms with Gasteiger partial charge in [0.25, 0.3) is 5.91 Å². The van der Waals surface area contributed by atoms with E-state index in [0.29, 0.717) is 32.9 Å². The van der Waals surface area contributed by atoms with Gasteiger partial charge in [-0.1, -0.05) is 23.2 Å². The number of carbonyl (C=O) groups excluding carboxylic acids is 1. The van der Waals surface area contributed by atoms with E-state index in [9.17, 15) is 4.79 Å². The van der Waals surface area contributed by atoms with Gasteiger partial charge in [0, 0.05) is 12.1 Å². The van der Waals surface area contributed by atoms with Crippen LogP contribution >= 0.6 is 23.2 Å². The molecule has 0 spiro atoms. The summed E-state index contributed by atoms with van der Waals surface area (Å²) in [6.07, 6.45) is 3.59. The summed E-state index contributed by atoms with van der Waals surface area (Å²) in [7, 11) is 0. The molecular formula is C17H13Cl2N3O2. The number of hydrogen-bond acceptors (Lipinski definition) is 3. The van der Waals surface area contributed by atoms with Crippen molar-refractivity contribution in [3.05, 3.63) is 58.4 Å². The second-order valence-corrected chi connectivity index (χ2v) is 6.46. The minimum atomic E-state index is -0.172. The second-order valence-electron chi connectivity index (χ2n) is 5.65. The van der Waals surface area contributed by atoms with Crippen molar-refractivity contribution in [2.45, 2.75) is 18.9 Å². The Labute approximate surface area is 148 Å². The van der Waals surface area contributed by atoms with E-state index in [0.717, 1.165) is 12.8 Å². The molecule has 0 saturated heterocycles. The first kappa shape index (κ1) is 15.3. The number of amides is 1. The average molecular weight is 362 g/mol. The fourth-order valence-corrected chi connectivity index (χ4v) is 2.68. The lowest BCUT2D eigenvalue weighted by Crippen LogP contribution is -2.27. The van der Waals surface area contributed by atoms with E-state index in [1.165, 1.54) is 0 Å². The van der Waals surface area contributed by atoms with Crippen molar-refractivity contribution in [3.63, 3.8) is 0 Å². The van der Waals surface area contributed by atoms with Gasteiger partial charge >= 0.3 is 0 Å². The lowest BCUT2D eigenvalue weighted by Gasteiger charge is -2.08. The maximum Gasteiger partial charge on any atom is 0.270 e. The van der Waals surface area contributed by atoms with Crippen LogP contribution in [0.1, 0.15) is 23.3 Å². The van der Waals surface area contributed by atoms with Crippen molar-refractivity contribution in [3.8, 4) is 17.1 Å². The number of halogens is 2. The molecule has 1 aliphatic carbocycles. The molecule has 24 heavy (non-hydrogen) atoms. The van der Waals surface area contributed by atoms with Crippen LogP contribution in [0.3, 0.4) is 0 Å². The van der Waals surface area contributed by atoms with Gasteiger partial charge in [-0.15, -0.1) is 0 Å². The minimum Gasteiger partial charge on any atom is -0.463 e. The molecule has 0 unspecified atom stereocenters. The van der Waals surface area contributed by atoms with Crippen molar-refractivity contribution >= 4 is 29.1 Å². The molecule has 2 aromatic heterocycles. The van der Waals surface area contributed by atoms with Crippen molar-refractivity contribution < 1.29 is 9.21 Å². The Kier molecular flexibility index (Phi) is 3.82. The molecule has 5 nitrogen and oxygen atoms in total. The number of aromatic nitrogens is 2. The summed E-state index contributed by atoms with van der Waals surface area (Å²) in [6, 6.07) is 10.6. The highest BCUT2D eigenvalue weighted by molar-refractivity contribution is 6.42. The van der Waals surface area contributed by atoms with E-state index in [-0.39, 0.29) is 11.9 Å². The van der Waals surface area contributed by atoms with Crippen molar-refractivity contribution in [1.29, 1.82) is 0 Å². The number of carbonyl (C=O) groups is 1. The van der Waals surface area contributed by atoms with Crippen LogP contribution in [0.2, 0.25) is 10.0 Å². The fourth-order valence-electron chi connectivity index (χ4n) is 2.39. The molecule has 1 N–H and O–H groups in total. The quantitative estimate of drug-likeness (QED) is 0.752. The van der Waals surface area contributed by atoms with Crippen LogP contribution in [0.4, 0.5) is 0 Å². The first-order valence-corrected chi connectivity index (χ1v) is 8.27. The third kappa shape index (κ3) is 2.92. The van der Waals surface area contributed by atoms with E-state index in [4.69, 9.17) is 27.6 Å². The number of rotatable bonds is 4. The van der Waals surface area contributed by atoms with Gasteiger partial charge in [-0.05, 0) is 43.2 Å². The Hall–Kier alpha value is -2.24. The zero-order chi connectivity index (χ0) is 16.7. The first-order chi connectivity index (χ1) is 11.6. The number of hydrogen-bond donors (Lipinski definition) is 1. The molecular weight excluding hydrogens is 349 g/mol. The van der Waals surface area contributed by atoms with Crippen LogP contribution in [-0.4, -0.2) is 21.7 Å². The summed E-state index contributed by atoms with van der Waals surface area (Å²) in [5.74, 6) is 0.420. The maximum atomic E-state index is 12.6. The zero-order valence-corrected chi connectivity index (χ0v) is 14.0. The predicted octanol–water partition coefficient (Wildman–Crippen LogP) is 4.33. The lowest BCUT2D eigenvalue weighted by atomic mass is 10.2. The van der Waals surface area contributed by atoms with E-state index < -0.39 is 0 Å². The van der Waals surface area contributed by atoms with Gasteiger partial charge in [-0.3, -0.25) is 4.79 Å². The highest BCUT2D eigenvalue weighted by Gasteiger charge is 2.26. The van der Waals surface area contributed by atoms with E-state index in [2.05, 4.69) is 10.4 Å². The molecule has 2 heterocycles. The number of furan rings is 1. The summed E-state index contributed by atoms with van der Waals surface area (Å²) in [5.41, 5.74) is 1.65. The predicted molar refractivity (Wildman–Crippen MR) is 91.8 cm³/mol. The van der Waals surface area contributed by atoms with Crippen molar-refractivity contribution in [2.24, 2.45) is 0 Å². The molecule has 0 radical (unpaired) electrons. The van der Waals surface area contributed by atoms with Crippen LogP contribution in [0.5, 0.6) is 0 Å². The van der Waals surface area contributed by atoms with Crippen LogP contribution in [-0.2, 0) is 0 Å². The summed E-state index contributed by atoms with van der Waals surface area (Å²) in [6.45, 7) is 0. The van der Waals surface area contributed by atoms with Crippen LogP contribution < -0.4 is 5.32 Å². The monoisotopic (exact) mass is 361 g/mol. The number of nitrogens with zero attached hydrogens (tertiary/aromatic N) is 2. The summed E-state index contributed by atoms with van der Waals surface area (Å²) in [5, 5.41) is 8.33. The lowest BCUT2D eigenvalue weighted by molar-refractivity contribution is 0.0943. The molecule has 1 saturated carbocycles. The largest absolute Gasteiger partial charge is 0.463 e. The van der Waals surface area contributed by atoms with Crippen molar-refractivity contribution in [1.82, 2.24) is 15.1 Å². The van der Waals surface area contributed by atoms with Crippen LogP contribution in [0.25, 0.3) is 17.1 Å². The topological polar surface area (TPSA) is 60.1 Å². The smallest absolute Gasteiger partial charge is 0.270 e. The minimum absolute atomic E-state index is 0.172. The molecule has 0 atom stereocenters. The Morgan fingerprint density at radius 3 is 2.71 bits per heavy atom. The summed E-state index contributed by atoms with van der Waals surface area (Å²) < 4.78 is 6.94. The molecule has 7 heteroatoms. The van der Waals surface area contributed by atoms with Gasteiger partial charge in [0.15, 0.2) is 5.76 Å². The fraction of sp³-hybridized carbons (Fsp3) is 0.176. The van der Waals surface area contributed by atoms with E-state index >= 15 is 0 Å². The second kappa shape index (κ2) is 6.00. The van der Waals surface area contributed by atoms with Gasteiger partial charge in [0.05, 0.1) is 22.0 Å². The number of nitrogens with one attached hydrogen (secondary N) is 1. The Morgan fingerprint density at radius 2 is 2.04 bits per heavy atom. The molecule has 3 aromatic rings. The highest BCUT2D eigenvalue weighted by Crippen LogP contribution is 2.28. The average Bonchev–Trinajstić information content (AvgIpc) is 3.05. The van der Waals surface area contributed by atoms with E-state index in [1.807, 2.05) is 0 Å². The molecule has 1 amide bonds. The molecule has 4 rings (SSSR count). The van der Waals surface area contributed by atoms with Gasteiger partial charge in [0.1, 0.15) is 11.4 Å². The van der Waals surface area contributed by atoms with Gasteiger partial charge in [-0.25, -0.2) is 4.68 Å². The molecule has 0 aliphatic heterocycles. The summed E-state index contributed by atoms with van der Waals surface area (Å²) in [4.78, 5) is 12.6. The SMILES string of the molecule is O=C(NC1CC1)c1cc(-c2ccco2)nn1-c1ccc(Cl)c(Cl)c1. The zero-order valence-electron chi connectivity index (χ0n) is 12.5. The molecule has 0 bridgehead atoms. The Balaban J connectivity index is 1.80. The third-order valence-corrected chi connectivity index (χ3v) is 4.51. The maximum absolute atomic E-state index is 12.6. The Morgan fingerprint density at radius 1 is 1.21 bits per heavy atom.